The van der Waals surface area contributed by atoms with Gasteiger partial charge in [0.05, 0.1) is 24.5 Å². The lowest BCUT2D eigenvalue weighted by atomic mass is 10.0. The predicted octanol–water partition coefficient (Wildman–Crippen LogP) is 5.35. The van der Waals surface area contributed by atoms with Crippen molar-refractivity contribution >= 4 is 34.6 Å². The lowest BCUT2D eigenvalue weighted by Gasteiger charge is -2.29. The Balaban J connectivity index is 1.60. The first-order chi connectivity index (χ1) is 14.7. The van der Waals surface area contributed by atoms with Gasteiger partial charge in [-0.05, 0) is 72.9 Å². The van der Waals surface area contributed by atoms with Crippen molar-refractivity contribution in [1.82, 2.24) is 14.9 Å². The van der Waals surface area contributed by atoms with E-state index in [2.05, 4.69) is 38.1 Å². The van der Waals surface area contributed by atoms with Crippen LogP contribution in [0.4, 0.5) is 5.69 Å². The summed E-state index contributed by atoms with van der Waals surface area (Å²) in [6.45, 7) is 0.641. The van der Waals surface area contributed by atoms with E-state index in [1.807, 2.05) is 60.8 Å². The summed E-state index contributed by atoms with van der Waals surface area (Å²) in [7, 11) is 0. The van der Waals surface area contributed by atoms with Gasteiger partial charge in [0.25, 0.3) is 0 Å². The van der Waals surface area contributed by atoms with Crippen molar-refractivity contribution in [3.8, 4) is 0 Å². The summed E-state index contributed by atoms with van der Waals surface area (Å²) < 4.78 is 7.77. The highest BCUT2D eigenvalue weighted by Crippen LogP contribution is 2.41. The number of anilines is 1. The average molecular weight is 435 g/mol. The Morgan fingerprint density at radius 2 is 1.90 bits per heavy atom. The number of aromatic nitrogens is 2. The van der Waals surface area contributed by atoms with Crippen molar-refractivity contribution in [2.45, 2.75) is 18.6 Å². The minimum absolute atomic E-state index is 0.0847. The molecule has 150 valence electrons. The van der Waals surface area contributed by atoms with Crippen LogP contribution in [0.1, 0.15) is 29.2 Å². The Hall–Kier alpha value is -3.09. The van der Waals surface area contributed by atoms with Crippen LogP contribution >= 0.6 is 23.8 Å². The van der Waals surface area contributed by atoms with Crippen LogP contribution in [0.15, 0.2) is 89.8 Å². The van der Waals surface area contributed by atoms with Crippen LogP contribution in [0.3, 0.4) is 0 Å². The van der Waals surface area contributed by atoms with E-state index in [4.69, 9.17) is 28.2 Å². The van der Waals surface area contributed by atoms with Gasteiger partial charge < -0.3 is 19.2 Å². The van der Waals surface area contributed by atoms with Crippen LogP contribution < -0.4 is 10.2 Å². The van der Waals surface area contributed by atoms with Gasteiger partial charge in [0, 0.05) is 28.8 Å². The number of nitrogens with one attached hydrogen (secondary N) is 1. The van der Waals surface area contributed by atoms with E-state index in [-0.39, 0.29) is 12.1 Å². The third kappa shape index (κ3) is 3.49. The van der Waals surface area contributed by atoms with Crippen molar-refractivity contribution in [1.29, 1.82) is 0 Å². The fourth-order valence-corrected chi connectivity index (χ4v) is 4.42. The van der Waals surface area contributed by atoms with E-state index in [0.717, 1.165) is 22.8 Å². The average Bonchev–Trinajstić information content (AvgIpc) is 3.50. The minimum Gasteiger partial charge on any atom is -0.467 e. The van der Waals surface area contributed by atoms with Gasteiger partial charge in [-0.15, -0.1) is 0 Å². The molecule has 3 aromatic heterocycles. The summed E-state index contributed by atoms with van der Waals surface area (Å²) in [5.74, 6) is 0.897. The third-order valence-electron chi connectivity index (χ3n) is 5.28. The SMILES string of the molecule is S=C1N[C@H](c2ccccn2)[C@H](c2cccn2Cc2ccco2)N1c1ccc(Cl)cc1. The Kier molecular flexibility index (Phi) is 5.02. The molecule has 0 aliphatic carbocycles. The van der Waals surface area contributed by atoms with Crippen molar-refractivity contribution in [2.24, 2.45) is 0 Å². The summed E-state index contributed by atoms with van der Waals surface area (Å²) in [6, 6.07) is 21.6. The number of furan rings is 1. The zero-order chi connectivity index (χ0) is 20.5. The zero-order valence-corrected chi connectivity index (χ0v) is 17.6. The summed E-state index contributed by atoms with van der Waals surface area (Å²) in [5, 5.41) is 4.83. The standard InChI is InChI=1S/C23H19ClN4OS/c24-16-8-10-17(11-9-16)28-22(21(26-23(28)30)19-6-1-2-12-25-19)20-7-3-13-27(20)15-18-5-4-14-29-18/h1-14,21-22H,15H2,(H,26,30)/t21-,22+/m1/s1. The summed E-state index contributed by atoms with van der Waals surface area (Å²) in [6.07, 6.45) is 5.57. The van der Waals surface area contributed by atoms with Gasteiger partial charge in [-0.3, -0.25) is 4.98 Å². The van der Waals surface area contributed by atoms with E-state index in [1.165, 1.54) is 0 Å². The fourth-order valence-electron chi connectivity index (χ4n) is 3.95. The molecule has 0 unspecified atom stereocenters. The first-order valence-corrected chi connectivity index (χ1v) is 10.4. The molecule has 30 heavy (non-hydrogen) atoms. The predicted molar refractivity (Wildman–Crippen MR) is 122 cm³/mol. The highest BCUT2D eigenvalue weighted by Gasteiger charge is 2.42. The molecule has 0 amide bonds. The van der Waals surface area contributed by atoms with Crippen LogP contribution in [-0.4, -0.2) is 14.7 Å². The molecule has 0 spiro atoms. The van der Waals surface area contributed by atoms with Crippen molar-refractivity contribution in [3.63, 3.8) is 0 Å². The molecule has 2 atom stereocenters. The number of rotatable bonds is 5. The van der Waals surface area contributed by atoms with Crippen molar-refractivity contribution in [3.05, 3.63) is 108 Å². The Morgan fingerprint density at radius 1 is 1.03 bits per heavy atom. The van der Waals surface area contributed by atoms with E-state index in [0.29, 0.717) is 16.7 Å². The summed E-state index contributed by atoms with van der Waals surface area (Å²) in [4.78, 5) is 6.74. The molecule has 1 aromatic carbocycles. The molecule has 0 bridgehead atoms. The van der Waals surface area contributed by atoms with Gasteiger partial charge in [-0.2, -0.15) is 0 Å². The molecule has 1 N–H and O–H groups in total. The number of hydrogen-bond donors (Lipinski definition) is 1. The molecule has 1 aliphatic rings. The van der Waals surface area contributed by atoms with E-state index in [9.17, 15) is 0 Å². The number of benzene rings is 1. The van der Waals surface area contributed by atoms with E-state index < -0.39 is 0 Å². The van der Waals surface area contributed by atoms with Gasteiger partial charge in [-0.25, -0.2) is 0 Å². The van der Waals surface area contributed by atoms with Crippen LogP contribution in [0.5, 0.6) is 0 Å². The smallest absolute Gasteiger partial charge is 0.174 e. The molecule has 5 rings (SSSR count). The van der Waals surface area contributed by atoms with E-state index in [1.54, 1.807) is 6.26 Å². The molecule has 4 heterocycles. The van der Waals surface area contributed by atoms with Crippen LogP contribution in [-0.2, 0) is 6.54 Å². The number of hydrogen-bond acceptors (Lipinski definition) is 3. The normalized spacial score (nSPS) is 18.6. The van der Waals surface area contributed by atoms with Gasteiger partial charge >= 0.3 is 0 Å². The van der Waals surface area contributed by atoms with Gasteiger partial charge in [0.1, 0.15) is 11.8 Å². The van der Waals surface area contributed by atoms with E-state index >= 15 is 0 Å². The fraction of sp³-hybridized carbons (Fsp3) is 0.130. The maximum Gasteiger partial charge on any atom is 0.174 e. The second-order valence-electron chi connectivity index (χ2n) is 7.11. The monoisotopic (exact) mass is 434 g/mol. The topological polar surface area (TPSA) is 46.2 Å². The molecule has 1 fully saturated rings. The molecule has 1 aliphatic heterocycles. The quantitative estimate of drug-likeness (QED) is 0.429. The number of pyridine rings is 1. The lowest BCUT2D eigenvalue weighted by Crippen LogP contribution is -2.30. The molecule has 1 saturated heterocycles. The molecule has 4 aromatic rings. The third-order valence-corrected chi connectivity index (χ3v) is 5.84. The van der Waals surface area contributed by atoms with Gasteiger partial charge in [0.15, 0.2) is 5.11 Å². The summed E-state index contributed by atoms with van der Waals surface area (Å²) in [5.41, 5.74) is 3.03. The van der Waals surface area contributed by atoms with Crippen LogP contribution in [0.2, 0.25) is 5.02 Å². The first-order valence-electron chi connectivity index (χ1n) is 9.64. The van der Waals surface area contributed by atoms with Gasteiger partial charge in [0.2, 0.25) is 0 Å². The number of nitrogens with zero attached hydrogens (tertiary/aromatic N) is 3. The maximum atomic E-state index is 6.13. The molecule has 0 saturated carbocycles. The second kappa shape index (κ2) is 7.97. The Morgan fingerprint density at radius 3 is 2.63 bits per heavy atom. The minimum atomic E-state index is -0.0976. The molecule has 7 heteroatoms. The first kappa shape index (κ1) is 18.9. The maximum absolute atomic E-state index is 6.13. The lowest BCUT2D eigenvalue weighted by molar-refractivity contribution is 0.475. The molecule has 0 radical (unpaired) electrons. The Labute approximate surface area is 184 Å². The molecule has 5 nitrogen and oxygen atoms in total. The van der Waals surface area contributed by atoms with Gasteiger partial charge in [-0.1, -0.05) is 17.7 Å². The highest BCUT2D eigenvalue weighted by molar-refractivity contribution is 7.80. The molecular weight excluding hydrogens is 416 g/mol. The summed E-state index contributed by atoms with van der Waals surface area (Å²) >= 11 is 11.9. The zero-order valence-electron chi connectivity index (χ0n) is 16.0. The highest BCUT2D eigenvalue weighted by atomic mass is 35.5. The second-order valence-corrected chi connectivity index (χ2v) is 7.94. The largest absolute Gasteiger partial charge is 0.467 e. The van der Waals surface area contributed by atoms with Crippen molar-refractivity contribution in [2.75, 3.05) is 4.90 Å². The van der Waals surface area contributed by atoms with Crippen molar-refractivity contribution < 1.29 is 4.42 Å². The van der Waals surface area contributed by atoms with Crippen LogP contribution in [0.25, 0.3) is 0 Å². The number of thiocarbonyl (C=S) groups is 1. The molecular formula is C23H19ClN4OS. The Bertz CT molecular complexity index is 1140. The van der Waals surface area contributed by atoms with Crippen LogP contribution in [0, 0.1) is 0 Å². The number of halogens is 1.